The molecule has 1 aromatic carbocycles. The minimum atomic E-state index is 1.00. The van der Waals surface area contributed by atoms with Gasteiger partial charge in [-0.05, 0) is 54.9 Å². The molecule has 0 bridgehead atoms. The summed E-state index contributed by atoms with van der Waals surface area (Å²) in [6.45, 7) is 8.87. The van der Waals surface area contributed by atoms with Gasteiger partial charge in [-0.3, -0.25) is 0 Å². The summed E-state index contributed by atoms with van der Waals surface area (Å²) in [5.41, 5.74) is 1.59. The van der Waals surface area contributed by atoms with Gasteiger partial charge in [-0.2, -0.15) is 0 Å². The molecule has 0 atom stereocenters. The van der Waals surface area contributed by atoms with Crippen LogP contribution >= 0.6 is 23.5 Å². The first-order valence-electron chi connectivity index (χ1n) is 31.5. The Morgan fingerprint density at radius 3 is 0.627 bits per heavy atom. The summed E-state index contributed by atoms with van der Waals surface area (Å²) < 4.78 is 0. The van der Waals surface area contributed by atoms with Gasteiger partial charge in [0.25, 0.3) is 0 Å². The normalized spacial score (nSPS) is 11.7. The molecule has 0 unspecified atom stereocenters. The molecule has 0 heterocycles. The fourth-order valence-electron chi connectivity index (χ4n) is 10.4. The summed E-state index contributed by atoms with van der Waals surface area (Å²) in [5, 5.41) is 0. The number of thioether (sulfide) groups is 2. The lowest BCUT2D eigenvalue weighted by atomic mass is 10.0. The van der Waals surface area contributed by atoms with Gasteiger partial charge in [-0.15, -0.1) is 23.5 Å². The van der Waals surface area contributed by atoms with E-state index >= 15 is 0 Å². The molecule has 67 heavy (non-hydrogen) atoms. The molecule has 0 aliphatic rings. The van der Waals surface area contributed by atoms with E-state index in [1.165, 1.54) is 345 Å². The van der Waals surface area contributed by atoms with Crippen LogP contribution in [-0.4, -0.2) is 11.5 Å². The van der Waals surface area contributed by atoms with Crippen LogP contribution in [0.1, 0.15) is 360 Å². The lowest BCUT2D eigenvalue weighted by Crippen LogP contribution is -1.94. The van der Waals surface area contributed by atoms with E-state index in [2.05, 4.69) is 62.5 Å². The van der Waals surface area contributed by atoms with Gasteiger partial charge in [0.1, 0.15) is 0 Å². The van der Waals surface area contributed by atoms with Gasteiger partial charge in [-0.1, -0.05) is 348 Å². The third-order valence-corrected chi connectivity index (χ3v) is 17.4. The van der Waals surface area contributed by atoms with Gasteiger partial charge in [0.2, 0.25) is 0 Å². The summed E-state index contributed by atoms with van der Waals surface area (Å²) in [6, 6.07) is 7.10. The van der Waals surface area contributed by atoms with Crippen molar-refractivity contribution in [3.8, 4) is 0 Å². The number of hydrogen-bond donors (Lipinski definition) is 0. The Morgan fingerprint density at radius 2 is 0.448 bits per heavy atom. The maximum Gasteiger partial charge on any atom is 0.0115 e. The molecule has 0 aliphatic carbocycles. The number of unbranched alkanes of at least 4 members (excludes halogenated alkanes) is 50. The van der Waals surface area contributed by atoms with E-state index in [1.54, 1.807) is 15.4 Å². The summed E-state index contributed by atoms with van der Waals surface area (Å²) in [4.78, 5) is 3.08. The van der Waals surface area contributed by atoms with E-state index < -0.39 is 0 Å². The van der Waals surface area contributed by atoms with Crippen molar-refractivity contribution in [2.45, 2.75) is 370 Å². The van der Waals surface area contributed by atoms with Crippen LogP contribution in [0, 0.1) is 6.92 Å². The van der Waals surface area contributed by atoms with Crippen LogP contribution in [0.5, 0.6) is 0 Å². The Bertz CT molecular complexity index is 973. The Balaban J connectivity index is 1.87. The quantitative estimate of drug-likeness (QED) is 0.0471. The molecule has 2 heteroatoms. The van der Waals surface area contributed by atoms with Crippen LogP contribution in [0.4, 0.5) is 0 Å². The van der Waals surface area contributed by atoms with Gasteiger partial charge < -0.3 is 0 Å². The highest BCUT2D eigenvalue weighted by atomic mass is 32.2. The molecular formula is C65H123S2. The van der Waals surface area contributed by atoms with Crippen molar-refractivity contribution >= 4 is 23.5 Å². The minimum absolute atomic E-state index is 1.00. The predicted molar refractivity (Wildman–Crippen MR) is 313 cm³/mol. The Morgan fingerprint density at radius 1 is 0.269 bits per heavy atom. The summed E-state index contributed by atoms with van der Waals surface area (Å²) in [7, 11) is 0. The average molecular weight is 969 g/mol. The molecule has 0 nitrogen and oxygen atoms in total. The van der Waals surface area contributed by atoms with Crippen molar-refractivity contribution in [3.05, 3.63) is 30.7 Å². The molecule has 1 rings (SSSR count). The van der Waals surface area contributed by atoms with Crippen LogP contribution in [0.25, 0.3) is 0 Å². The third-order valence-electron chi connectivity index (χ3n) is 15.0. The van der Waals surface area contributed by atoms with Crippen molar-refractivity contribution < 1.29 is 0 Å². The fourth-order valence-corrected chi connectivity index (χ4v) is 12.8. The second kappa shape index (κ2) is 56.8. The molecule has 1 radical (unpaired) electrons. The zero-order chi connectivity index (χ0) is 47.9. The SMILES string of the molecule is [CH2]CCc1c(SCCCCCCCCCCCCCCCCCCCCCCCCCCCC)cccc1SCCCCCCCCCCCCCCCCCCCCCCCCCCCC. The first-order valence-corrected chi connectivity index (χ1v) is 33.5. The number of rotatable bonds is 58. The Kier molecular flexibility index (Phi) is 55.1. The third kappa shape index (κ3) is 48.0. The highest BCUT2D eigenvalue weighted by molar-refractivity contribution is 8.00. The van der Waals surface area contributed by atoms with E-state index in [4.69, 9.17) is 0 Å². The summed E-state index contributed by atoms with van der Waals surface area (Å²) in [5.74, 6) is 2.55. The van der Waals surface area contributed by atoms with Gasteiger partial charge in [0, 0.05) is 9.79 Å². The van der Waals surface area contributed by atoms with Crippen molar-refractivity contribution in [2.24, 2.45) is 0 Å². The zero-order valence-corrected chi connectivity index (χ0v) is 48.0. The number of benzene rings is 1. The molecule has 0 spiro atoms. The maximum absolute atomic E-state index is 4.25. The van der Waals surface area contributed by atoms with Crippen molar-refractivity contribution in [1.82, 2.24) is 0 Å². The van der Waals surface area contributed by atoms with Crippen LogP contribution in [0.2, 0.25) is 0 Å². The molecule has 0 amide bonds. The topological polar surface area (TPSA) is 0 Å². The molecule has 1 aromatic rings. The second-order valence-electron chi connectivity index (χ2n) is 21.7. The van der Waals surface area contributed by atoms with Crippen molar-refractivity contribution in [2.75, 3.05) is 11.5 Å². The van der Waals surface area contributed by atoms with Crippen LogP contribution < -0.4 is 0 Å². The lowest BCUT2D eigenvalue weighted by Gasteiger charge is -2.14. The molecule has 0 aromatic heterocycles. The lowest BCUT2D eigenvalue weighted by molar-refractivity contribution is 0.516. The second-order valence-corrected chi connectivity index (χ2v) is 24.0. The van der Waals surface area contributed by atoms with E-state index in [1.807, 2.05) is 0 Å². The smallest absolute Gasteiger partial charge is 0.0115 e. The minimum Gasteiger partial charge on any atom is -0.126 e. The Hall–Kier alpha value is -0.0800. The largest absolute Gasteiger partial charge is 0.126 e. The predicted octanol–water partition coefficient (Wildman–Crippen LogP) is 25.0. The summed E-state index contributed by atoms with van der Waals surface area (Å²) >= 11 is 4.25. The van der Waals surface area contributed by atoms with Crippen LogP contribution in [0.15, 0.2) is 28.0 Å². The molecule has 0 fully saturated rings. The fraction of sp³-hybridized carbons (Fsp3) is 0.892. The van der Waals surface area contributed by atoms with Crippen molar-refractivity contribution in [1.29, 1.82) is 0 Å². The first-order chi connectivity index (χ1) is 33.3. The van der Waals surface area contributed by atoms with E-state index in [-0.39, 0.29) is 0 Å². The summed E-state index contributed by atoms with van der Waals surface area (Å²) in [6.07, 6.45) is 78.2. The zero-order valence-electron chi connectivity index (χ0n) is 46.4. The van der Waals surface area contributed by atoms with E-state index in [0.29, 0.717) is 0 Å². The molecule has 0 aliphatic heterocycles. The average Bonchev–Trinajstić information content (AvgIpc) is 3.34. The highest BCUT2D eigenvalue weighted by Gasteiger charge is 2.09. The first kappa shape index (κ1) is 64.9. The van der Waals surface area contributed by atoms with Crippen LogP contribution in [-0.2, 0) is 6.42 Å². The number of hydrogen-bond acceptors (Lipinski definition) is 2. The monoisotopic (exact) mass is 968 g/mol. The Labute approximate surface area is 433 Å². The standard InChI is InChI=1S/C65H123S2/c1-4-7-9-11-13-15-17-19-21-23-25-27-29-31-33-35-37-39-41-43-45-47-49-51-53-55-61-66-64-59-57-60-65(63(64)58-6-3)67-62-56-54-52-50-48-46-44-42-40-38-36-34-32-30-28-26-24-22-20-18-16-14-12-10-8-5-2/h57,59-60H,3-56,58,61-62H2,1-2H3. The van der Waals surface area contributed by atoms with Crippen molar-refractivity contribution in [3.63, 3.8) is 0 Å². The highest BCUT2D eigenvalue weighted by Crippen LogP contribution is 2.34. The van der Waals surface area contributed by atoms with Crippen LogP contribution in [0.3, 0.4) is 0 Å². The molecule has 0 N–H and O–H groups in total. The van der Waals surface area contributed by atoms with Gasteiger partial charge in [-0.25, -0.2) is 0 Å². The van der Waals surface area contributed by atoms with Gasteiger partial charge in [0.15, 0.2) is 0 Å². The molecule has 395 valence electrons. The van der Waals surface area contributed by atoms with Gasteiger partial charge >= 0.3 is 0 Å². The van der Waals surface area contributed by atoms with E-state index in [0.717, 1.165) is 12.8 Å². The van der Waals surface area contributed by atoms with Gasteiger partial charge in [0.05, 0.1) is 0 Å². The molecule has 0 saturated heterocycles. The molecular weight excluding hydrogens is 845 g/mol. The molecule has 0 saturated carbocycles. The van der Waals surface area contributed by atoms with E-state index in [9.17, 15) is 0 Å². The maximum atomic E-state index is 4.25.